The lowest BCUT2D eigenvalue weighted by Crippen LogP contribution is -2.38. The first kappa shape index (κ1) is 15.0. The number of hydrogen-bond acceptors (Lipinski definition) is 4. The van der Waals surface area contributed by atoms with Crippen LogP contribution in [0, 0.1) is 0 Å². The van der Waals surface area contributed by atoms with Gasteiger partial charge in [-0.2, -0.15) is 0 Å². The van der Waals surface area contributed by atoms with Gasteiger partial charge in [0.1, 0.15) is 0 Å². The topological polar surface area (TPSA) is 66.6 Å². The summed E-state index contributed by atoms with van der Waals surface area (Å²) in [5.41, 5.74) is 7.04. The van der Waals surface area contributed by atoms with E-state index >= 15 is 0 Å². The fraction of sp³-hybridized carbons (Fsp3) is 0.462. The number of carbonyl (C=O) groups is 1. The number of nitrogens with zero attached hydrogens (tertiary/aromatic N) is 1. The Morgan fingerprint density at radius 1 is 1.39 bits per heavy atom. The number of carboxylic acids is 1. The van der Waals surface area contributed by atoms with Crippen molar-refractivity contribution in [3.63, 3.8) is 0 Å². The van der Waals surface area contributed by atoms with Crippen molar-refractivity contribution in [1.29, 1.82) is 0 Å². The van der Waals surface area contributed by atoms with Crippen LogP contribution in [0.15, 0.2) is 29.2 Å². The summed E-state index contributed by atoms with van der Waals surface area (Å²) >= 11 is 1.68. The van der Waals surface area contributed by atoms with Crippen LogP contribution >= 0.6 is 11.8 Å². The van der Waals surface area contributed by atoms with Crippen molar-refractivity contribution >= 4 is 17.7 Å². The van der Waals surface area contributed by atoms with Gasteiger partial charge in [-0.1, -0.05) is 12.1 Å². The third-order valence-electron chi connectivity index (χ3n) is 2.83. The molecule has 1 aromatic carbocycles. The van der Waals surface area contributed by atoms with E-state index in [-0.39, 0.29) is 12.5 Å². The molecule has 0 amide bonds. The zero-order chi connectivity index (χ0) is 13.7. The second-order valence-electron chi connectivity index (χ2n) is 4.44. The largest absolute Gasteiger partial charge is 0.481 e. The van der Waals surface area contributed by atoms with E-state index in [9.17, 15) is 4.79 Å². The molecule has 0 radical (unpaired) electrons. The standard InChI is InChI=1S/C13H20N2O2S/c1-15(2)13(11(14)8-12(16)17)9-4-6-10(18-3)7-5-9/h4-7,11,13H,8,14H2,1-3H3,(H,16,17). The van der Waals surface area contributed by atoms with Crippen molar-refractivity contribution in [3.8, 4) is 0 Å². The highest BCUT2D eigenvalue weighted by atomic mass is 32.2. The minimum atomic E-state index is -0.866. The lowest BCUT2D eigenvalue weighted by atomic mass is 9.96. The van der Waals surface area contributed by atoms with E-state index in [0.29, 0.717) is 0 Å². The Bertz CT molecular complexity index is 392. The highest BCUT2D eigenvalue weighted by Gasteiger charge is 2.23. The van der Waals surface area contributed by atoms with Crippen LogP contribution in [0.5, 0.6) is 0 Å². The smallest absolute Gasteiger partial charge is 0.304 e. The van der Waals surface area contributed by atoms with Gasteiger partial charge in [-0.3, -0.25) is 4.79 Å². The van der Waals surface area contributed by atoms with Crippen molar-refractivity contribution in [2.75, 3.05) is 20.4 Å². The van der Waals surface area contributed by atoms with Gasteiger partial charge in [0.2, 0.25) is 0 Å². The van der Waals surface area contributed by atoms with Crippen molar-refractivity contribution in [2.45, 2.75) is 23.4 Å². The fourth-order valence-electron chi connectivity index (χ4n) is 2.04. The molecular weight excluding hydrogens is 248 g/mol. The van der Waals surface area contributed by atoms with Crippen LogP contribution in [0.2, 0.25) is 0 Å². The Balaban J connectivity index is 2.92. The second kappa shape index (κ2) is 6.78. The molecule has 4 nitrogen and oxygen atoms in total. The van der Waals surface area contributed by atoms with E-state index in [1.54, 1.807) is 11.8 Å². The number of rotatable bonds is 6. The van der Waals surface area contributed by atoms with Gasteiger partial charge in [-0.15, -0.1) is 11.8 Å². The molecule has 0 aliphatic carbocycles. The first-order chi connectivity index (χ1) is 8.45. The van der Waals surface area contributed by atoms with Gasteiger partial charge in [0.05, 0.1) is 6.42 Å². The van der Waals surface area contributed by atoms with Crippen molar-refractivity contribution in [2.24, 2.45) is 5.73 Å². The maximum atomic E-state index is 10.8. The molecule has 1 aromatic rings. The number of benzene rings is 1. The van der Waals surface area contributed by atoms with Crippen LogP contribution in [0.3, 0.4) is 0 Å². The number of aliphatic carboxylic acids is 1. The first-order valence-electron chi connectivity index (χ1n) is 5.73. The normalized spacial score (nSPS) is 14.5. The molecule has 0 heterocycles. The lowest BCUT2D eigenvalue weighted by molar-refractivity contribution is -0.137. The summed E-state index contributed by atoms with van der Waals surface area (Å²) in [7, 11) is 3.82. The molecule has 0 aliphatic rings. The van der Waals surface area contributed by atoms with Crippen molar-refractivity contribution in [3.05, 3.63) is 29.8 Å². The molecule has 1 rings (SSSR count). The molecule has 0 aliphatic heterocycles. The number of likely N-dealkylation sites (N-methyl/N-ethyl adjacent to an activating group) is 1. The average molecular weight is 268 g/mol. The molecule has 100 valence electrons. The van der Waals surface area contributed by atoms with Crippen LogP contribution in [-0.2, 0) is 4.79 Å². The second-order valence-corrected chi connectivity index (χ2v) is 5.32. The zero-order valence-electron chi connectivity index (χ0n) is 11.0. The van der Waals surface area contributed by atoms with E-state index in [4.69, 9.17) is 10.8 Å². The van der Waals surface area contributed by atoms with E-state index in [1.807, 2.05) is 49.5 Å². The third kappa shape index (κ3) is 4.01. The van der Waals surface area contributed by atoms with Gasteiger partial charge in [-0.05, 0) is 38.0 Å². The summed E-state index contributed by atoms with van der Waals surface area (Å²) in [5.74, 6) is -0.866. The number of hydrogen-bond donors (Lipinski definition) is 2. The van der Waals surface area contributed by atoms with Crippen LogP contribution in [0.1, 0.15) is 18.0 Å². The molecule has 3 N–H and O–H groups in total. The molecule has 18 heavy (non-hydrogen) atoms. The van der Waals surface area contributed by atoms with Gasteiger partial charge in [0.25, 0.3) is 0 Å². The molecule has 5 heteroatoms. The Hall–Kier alpha value is -1.04. The Morgan fingerprint density at radius 2 is 1.94 bits per heavy atom. The zero-order valence-corrected chi connectivity index (χ0v) is 11.8. The Labute approximate surface area is 112 Å². The van der Waals surface area contributed by atoms with Crippen LogP contribution < -0.4 is 5.73 Å². The van der Waals surface area contributed by atoms with Gasteiger partial charge >= 0.3 is 5.97 Å². The van der Waals surface area contributed by atoms with Crippen molar-refractivity contribution in [1.82, 2.24) is 4.90 Å². The fourth-order valence-corrected chi connectivity index (χ4v) is 2.45. The van der Waals surface area contributed by atoms with Crippen LogP contribution in [-0.4, -0.2) is 42.4 Å². The minimum Gasteiger partial charge on any atom is -0.481 e. The SMILES string of the molecule is CSc1ccc(C(C(N)CC(=O)O)N(C)C)cc1. The predicted molar refractivity (Wildman–Crippen MR) is 74.9 cm³/mol. The summed E-state index contributed by atoms with van der Waals surface area (Å²) in [6.07, 6.45) is 1.99. The monoisotopic (exact) mass is 268 g/mol. The summed E-state index contributed by atoms with van der Waals surface area (Å²) in [6, 6.07) is 7.58. The molecule has 2 atom stereocenters. The Morgan fingerprint density at radius 3 is 2.33 bits per heavy atom. The van der Waals surface area contributed by atoms with E-state index in [1.165, 1.54) is 4.90 Å². The maximum Gasteiger partial charge on any atom is 0.304 e. The summed E-state index contributed by atoms with van der Waals surface area (Å²) in [5, 5.41) is 8.84. The van der Waals surface area contributed by atoms with Gasteiger partial charge in [0, 0.05) is 17.0 Å². The van der Waals surface area contributed by atoms with Crippen LogP contribution in [0.4, 0.5) is 0 Å². The number of carboxylic acid groups (broad SMARTS) is 1. The molecule has 0 saturated heterocycles. The van der Waals surface area contributed by atoms with E-state index in [2.05, 4.69) is 0 Å². The lowest BCUT2D eigenvalue weighted by Gasteiger charge is -2.29. The first-order valence-corrected chi connectivity index (χ1v) is 6.96. The van der Waals surface area contributed by atoms with Gasteiger partial charge in [-0.25, -0.2) is 0 Å². The summed E-state index contributed by atoms with van der Waals surface area (Å²) in [4.78, 5) is 13.9. The molecule has 0 fully saturated rings. The summed E-state index contributed by atoms with van der Waals surface area (Å²) < 4.78 is 0. The van der Waals surface area contributed by atoms with Gasteiger partial charge < -0.3 is 15.7 Å². The number of nitrogens with two attached hydrogens (primary N) is 1. The van der Waals surface area contributed by atoms with Crippen LogP contribution in [0.25, 0.3) is 0 Å². The highest BCUT2D eigenvalue weighted by Crippen LogP contribution is 2.25. The highest BCUT2D eigenvalue weighted by molar-refractivity contribution is 7.98. The molecule has 0 spiro atoms. The predicted octanol–water partition coefficient (Wildman–Crippen LogP) is 1.81. The Kier molecular flexibility index (Phi) is 5.65. The summed E-state index contributed by atoms with van der Waals surface area (Å²) in [6.45, 7) is 0. The molecule has 0 aromatic heterocycles. The average Bonchev–Trinajstić information content (AvgIpc) is 2.28. The van der Waals surface area contributed by atoms with Gasteiger partial charge in [0.15, 0.2) is 0 Å². The third-order valence-corrected chi connectivity index (χ3v) is 3.57. The van der Waals surface area contributed by atoms with Crippen molar-refractivity contribution < 1.29 is 9.90 Å². The number of thioether (sulfide) groups is 1. The molecule has 0 bridgehead atoms. The van der Waals surface area contributed by atoms with E-state index < -0.39 is 12.0 Å². The molecule has 0 saturated carbocycles. The molecular formula is C13H20N2O2S. The maximum absolute atomic E-state index is 10.8. The van der Waals surface area contributed by atoms with E-state index in [0.717, 1.165) is 5.56 Å². The quantitative estimate of drug-likeness (QED) is 0.770. The molecule has 2 unspecified atom stereocenters. The minimum absolute atomic E-state index is 0.0346.